The average Bonchev–Trinajstić information content (AvgIpc) is 2.75. The molecule has 0 aliphatic heterocycles. The largest absolute Gasteiger partial charge is 0.352 e. The molecular formula is C22H22N4O2. The highest BCUT2D eigenvalue weighted by atomic mass is 16.2. The van der Waals surface area contributed by atoms with Crippen molar-refractivity contribution in [2.24, 2.45) is 0 Å². The molecule has 1 aromatic carbocycles. The maximum absolute atomic E-state index is 12.5. The van der Waals surface area contributed by atoms with Gasteiger partial charge in [0.1, 0.15) is 6.07 Å². The van der Waals surface area contributed by atoms with Crippen LogP contribution in [0.15, 0.2) is 54.4 Å². The summed E-state index contributed by atoms with van der Waals surface area (Å²) in [6, 6.07) is 10.3. The van der Waals surface area contributed by atoms with E-state index in [4.69, 9.17) is 5.26 Å². The van der Waals surface area contributed by atoms with Gasteiger partial charge in [-0.1, -0.05) is 23.8 Å². The predicted octanol–water partition coefficient (Wildman–Crippen LogP) is 3.83. The number of benzene rings is 1. The van der Waals surface area contributed by atoms with Gasteiger partial charge in [-0.05, 0) is 50.3 Å². The number of nitriles is 1. The third-order valence-electron chi connectivity index (χ3n) is 4.68. The molecule has 0 radical (unpaired) electrons. The van der Waals surface area contributed by atoms with E-state index in [0.29, 0.717) is 23.4 Å². The Kier molecular flexibility index (Phi) is 6.53. The first-order valence-electron chi connectivity index (χ1n) is 9.39. The van der Waals surface area contributed by atoms with Crippen LogP contribution in [0.25, 0.3) is 0 Å². The molecule has 0 atom stereocenters. The zero-order valence-electron chi connectivity index (χ0n) is 15.6. The fraction of sp³-hybridized carbons (Fsp3) is 0.273. The summed E-state index contributed by atoms with van der Waals surface area (Å²) < 4.78 is 0. The van der Waals surface area contributed by atoms with E-state index >= 15 is 0 Å². The molecule has 28 heavy (non-hydrogen) atoms. The SMILES string of the molecule is N#Cc1ccccc1NC(=O)c1cncc(C(=O)NCCC2=CCCCC2)c1. The molecule has 2 amide bonds. The summed E-state index contributed by atoms with van der Waals surface area (Å²) in [7, 11) is 0. The first-order valence-corrected chi connectivity index (χ1v) is 9.39. The lowest BCUT2D eigenvalue weighted by Gasteiger charge is -2.13. The molecule has 2 N–H and O–H groups in total. The minimum absolute atomic E-state index is 0.254. The van der Waals surface area contributed by atoms with Crippen molar-refractivity contribution in [3.63, 3.8) is 0 Å². The lowest BCUT2D eigenvalue weighted by Crippen LogP contribution is -2.25. The van der Waals surface area contributed by atoms with E-state index in [1.807, 2.05) is 6.07 Å². The van der Waals surface area contributed by atoms with Crippen molar-refractivity contribution in [3.8, 4) is 6.07 Å². The van der Waals surface area contributed by atoms with Crippen molar-refractivity contribution in [2.75, 3.05) is 11.9 Å². The second kappa shape index (κ2) is 9.47. The van der Waals surface area contributed by atoms with Crippen LogP contribution in [0.1, 0.15) is 58.4 Å². The number of aromatic nitrogens is 1. The Morgan fingerprint density at radius 3 is 2.64 bits per heavy atom. The first kappa shape index (κ1) is 19.3. The summed E-state index contributed by atoms with van der Waals surface area (Å²) in [5.41, 5.74) is 2.78. The first-order chi connectivity index (χ1) is 13.7. The highest BCUT2D eigenvalue weighted by Crippen LogP contribution is 2.19. The predicted molar refractivity (Wildman–Crippen MR) is 107 cm³/mol. The molecule has 6 nitrogen and oxygen atoms in total. The van der Waals surface area contributed by atoms with Crippen molar-refractivity contribution in [3.05, 3.63) is 71.1 Å². The van der Waals surface area contributed by atoms with Crippen LogP contribution in [0, 0.1) is 11.3 Å². The summed E-state index contributed by atoms with van der Waals surface area (Å²) in [6.07, 6.45) is 10.6. The Balaban J connectivity index is 1.61. The average molecular weight is 374 g/mol. The van der Waals surface area contributed by atoms with Crippen LogP contribution in [-0.4, -0.2) is 23.3 Å². The number of rotatable bonds is 6. The molecule has 0 fully saturated rings. The van der Waals surface area contributed by atoms with Crippen LogP contribution in [-0.2, 0) is 0 Å². The Morgan fingerprint density at radius 2 is 1.89 bits per heavy atom. The van der Waals surface area contributed by atoms with Gasteiger partial charge in [-0.25, -0.2) is 0 Å². The van der Waals surface area contributed by atoms with Gasteiger partial charge in [0.2, 0.25) is 0 Å². The number of carbonyl (C=O) groups is 2. The molecule has 0 saturated carbocycles. The number of amides is 2. The van der Waals surface area contributed by atoms with Gasteiger partial charge in [0, 0.05) is 18.9 Å². The lowest BCUT2D eigenvalue weighted by atomic mass is 9.97. The molecule has 0 spiro atoms. The van der Waals surface area contributed by atoms with Gasteiger partial charge in [-0.3, -0.25) is 14.6 Å². The van der Waals surface area contributed by atoms with E-state index in [9.17, 15) is 9.59 Å². The number of allylic oxidation sites excluding steroid dienone is 1. The minimum atomic E-state index is -0.419. The topological polar surface area (TPSA) is 94.9 Å². The third kappa shape index (κ3) is 5.04. The summed E-state index contributed by atoms with van der Waals surface area (Å²) in [6.45, 7) is 0.566. The standard InChI is InChI=1S/C22H22N4O2/c23-13-17-8-4-5-9-20(17)26-22(28)19-12-18(14-24-15-19)21(27)25-11-10-16-6-2-1-3-7-16/h4-6,8-9,12,14-15H,1-3,7,10-11H2,(H,25,27)(H,26,28). The van der Waals surface area contributed by atoms with Crippen LogP contribution < -0.4 is 10.6 Å². The van der Waals surface area contributed by atoms with Gasteiger partial charge >= 0.3 is 0 Å². The van der Waals surface area contributed by atoms with Crippen LogP contribution in [0.4, 0.5) is 5.69 Å². The normalized spacial score (nSPS) is 13.2. The molecule has 6 heteroatoms. The van der Waals surface area contributed by atoms with Gasteiger partial charge in [0.25, 0.3) is 11.8 Å². The molecular weight excluding hydrogens is 352 g/mol. The van der Waals surface area contributed by atoms with Crippen LogP contribution in [0.5, 0.6) is 0 Å². The summed E-state index contributed by atoms with van der Waals surface area (Å²) in [5, 5.41) is 14.7. The van der Waals surface area contributed by atoms with E-state index in [1.165, 1.54) is 36.9 Å². The van der Waals surface area contributed by atoms with Crippen LogP contribution in [0.3, 0.4) is 0 Å². The highest BCUT2D eigenvalue weighted by Gasteiger charge is 2.13. The van der Waals surface area contributed by atoms with E-state index in [2.05, 4.69) is 21.7 Å². The number of hydrogen-bond donors (Lipinski definition) is 2. The number of para-hydroxylation sites is 1. The van der Waals surface area contributed by atoms with Crippen molar-refractivity contribution >= 4 is 17.5 Å². The minimum Gasteiger partial charge on any atom is -0.352 e. The molecule has 3 rings (SSSR count). The molecule has 1 aliphatic carbocycles. The quantitative estimate of drug-likeness (QED) is 0.751. The van der Waals surface area contributed by atoms with Crippen LogP contribution >= 0.6 is 0 Å². The molecule has 0 unspecified atom stereocenters. The summed E-state index contributed by atoms with van der Waals surface area (Å²) in [5.74, 6) is -0.673. The van der Waals surface area contributed by atoms with Gasteiger partial charge in [0.15, 0.2) is 0 Å². The van der Waals surface area contributed by atoms with Gasteiger partial charge in [0.05, 0.1) is 22.4 Å². The molecule has 0 bridgehead atoms. The Bertz CT molecular complexity index is 944. The maximum Gasteiger partial charge on any atom is 0.257 e. The van der Waals surface area contributed by atoms with Crippen molar-refractivity contribution in [1.82, 2.24) is 10.3 Å². The van der Waals surface area contributed by atoms with Crippen molar-refractivity contribution in [2.45, 2.75) is 32.1 Å². The zero-order valence-corrected chi connectivity index (χ0v) is 15.6. The Labute approximate surface area is 164 Å². The van der Waals surface area contributed by atoms with E-state index in [1.54, 1.807) is 24.3 Å². The smallest absolute Gasteiger partial charge is 0.257 e. The number of hydrogen-bond acceptors (Lipinski definition) is 4. The molecule has 1 aromatic heterocycles. The molecule has 0 saturated heterocycles. The van der Waals surface area contributed by atoms with Gasteiger partial charge in [-0.2, -0.15) is 5.26 Å². The zero-order chi connectivity index (χ0) is 19.8. The summed E-state index contributed by atoms with van der Waals surface area (Å²) >= 11 is 0. The number of nitrogens with one attached hydrogen (secondary N) is 2. The monoisotopic (exact) mass is 374 g/mol. The molecule has 142 valence electrons. The van der Waals surface area contributed by atoms with Gasteiger partial charge in [-0.15, -0.1) is 0 Å². The van der Waals surface area contributed by atoms with E-state index in [0.717, 1.165) is 19.3 Å². The van der Waals surface area contributed by atoms with Crippen molar-refractivity contribution in [1.29, 1.82) is 5.26 Å². The van der Waals surface area contributed by atoms with E-state index < -0.39 is 5.91 Å². The van der Waals surface area contributed by atoms with Crippen LogP contribution in [0.2, 0.25) is 0 Å². The molecule has 1 heterocycles. The second-order valence-electron chi connectivity index (χ2n) is 6.69. The number of anilines is 1. The number of nitrogens with zero attached hydrogens (tertiary/aromatic N) is 2. The van der Waals surface area contributed by atoms with Gasteiger partial charge < -0.3 is 10.6 Å². The third-order valence-corrected chi connectivity index (χ3v) is 4.68. The Morgan fingerprint density at radius 1 is 1.11 bits per heavy atom. The fourth-order valence-corrected chi connectivity index (χ4v) is 3.14. The summed E-state index contributed by atoms with van der Waals surface area (Å²) in [4.78, 5) is 28.9. The van der Waals surface area contributed by atoms with Crippen molar-refractivity contribution < 1.29 is 9.59 Å². The second-order valence-corrected chi connectivity index (χ2v) is 6.69. The lowest BCUT2D eigenvalue weighted by molar-refractivity contribution is 0.0953. The highest BCUT2D eigenvalue weighted by molar-refractivity contribution is 6.06. The maximum atomic E-state index is 12.5. The number of pyridine rings is 1. The molecule has 1 aliphatic rings. The molecule has 2 aromatic rings. The number of carbonyl (C=O) groups excluding carboxylic acids is 2. The Hall–Kier alpha value is -3.46. The van der Waals surface area contributed by atoms with E-state index in [-0.39, 0.29) is 11.5 Å². The fourth-order valence-electron chi connectivity index (χ4n) is 3.14.